The molecule has 2 atom stereocenters. The number of benzene rings is 1. The first-order valence-electron chi connectivity index (χ1n) is 7.31. The summed E-state index contributed by atoms with van der Waals surface area (Å²) in [7, 11) is 1.41. The van der Waals surface area contributed by atoms with E-state index in [2.05, 4.69) is 5.32 Å². The highest BCUT2D eigenvalue weighted by molar-refractivity contribution is 7.98. The Morgan fingerprint density at radius 3 is 2.62 bits per heavy atom. The van der Waals surface area contributed by atoms with Gasteiger partial charge in [-0.25, -0.2) is 0 Å². The summed E-state index contributed by atoms with van der Waals surface area (Å²) >= 11 is 1.31. The lowest BCUT2D eigenvalue weighted by atomic mass is 10.1. The molecule has 0 bridgehead atoms. The summed E-state index contributed by atoms with van der Waals surface area (Å²) in [5.74, 6) is -1.61. The van der Waals surface area contributed by atoms with Crippen LogP contribution in [0.2, 0.25) is 0 Å². The number of amides is 1. The standard InChI is InChI=1S/C15H18N2O6S/c1-23-12-7-11(17(21)22)10(6-13(12)24-2)14(18)16-9-4-3-8(5-9)15(19)20/h6-9H,3-5H2,1-2H3,(H,16,18)(H,19,20)/t8-,9+/m0/s1. The highest BCUT2D eigenvalue weighted by atomic mass is 32.2. The molecule has 0 aromatic heterocycles. The van der Waals surface area contributed by atoms with E-state index in [-0.39, 0.29) is 17.3 Å². The first kappa shape index (κ1) is 18.1. The topological polar surface area (TPSA) is 119 Å². The van der Waals surface area contributed by atoms with Crippen molar-refractivity contribution < 1.29 is 24.4 Å². The van der Waals surface area contributed by atoms with Crippen LogP contribution in [-0.2, 0) is 4.79 Å². The number of carboxylic acid groups (broad SMARTS) is 1. The van der Waals surface area contributed by atoms with Crippen LogP contribution in [0.3, 0.4) is 0 Å². The minimum atomic E-state index is -0.883. The molecule has 8 nitrogen and oxygen atoms in total. The van der Waals surface area contributed by atoms with Crippen molar-refractivity contribution in [2.75, 3.05) is 13.4 Å². The number of nitro benzene ring substituents is 1. The summed E-state index contributed by atoms with van der Waals surface area (Å²) in [4.78, 5) is 34.7. The van der Waals surface area contributed by atoms with E-state index in [0.717, 1.165) is 0 Å². The third-order valence-electron chi connectivity index (χ3n) is 4.06. The molecule has 9 heteroatoms. The Morgan fingerprint density at radius 2 is 2.12 bits per heavy atom. The highest BCUT2D eigenvalue weighted by Crippen LogP contribution is 2.35. The fourth-order valence-electron chi connectivity index (χ4n) is 2.80. The quantitative estimate of drug-likeness (QED) is 0.457. The number of thioether (sulfide) groups is 1. The molecule has 1 fully saturated rings. The lowest BCUT2D eigenvalue weighted by Gasteiger charge is -2.14. The molecule has 0 saturated heterocycles. The summed E-state index contributed by atoms with van der Waals surface area (Å²) in [6, 6.07) is 2.37. The molecule has 130 valence electrons. The summed E-state index contributed by atoms with van der Waals surface area (Å²) in [6.07, 6.45) is 3.14. The van der Waals surface area contributed by atoms with Gasteiger partial charge in [0.05, 0.1) is 28.9 Å². The molecular weight excluding hydrogens is 336 g/mol. The van der Waals surface area contributed by atoms with Crippen molar-refractivity contribution >= 4 is 29.3 Å². The zero-order valence-electron chi connectivity index (χ0n) is 13.3. The number of aliphatic carboxylic acids is 1. The average molecular weight is 354 g/mol. The van der Waals surface area contributed by atoms with Gasteiger partial charge in [-0.3, -0.25) is 19.7 Å². The van der Waals surface area contributed by atoms with Gasteiger partial charge in [-0.15, -0.1) is 11.8 Å². The first-order chi connectivity index (χ1) is 11.4. The molecule has 2 N–H and O–H groups in total. The van der Waals surface area contributed by atoms with Gasteiger partial charge in [-0.05, 0) is 31.6 Å². The maximum atomic E-state index is 12.5. The van der Waals surface area contributed by atoms with Gasteiger partial charge in [-0.1, -0.05) is 0 Å². The monoisotopic (exact) mass is 354 g/mol. The minimum Gasteiger partial charge on any atom is -0.495 e. The molecule has 0 unspecified atom stereocenters. The molecule has 1 aromatic carbocycles. The van der Waals surface area contributed by atoms with Crippen molar-refractivity contribution in [3.63, 3.8) is 0 Å². The van der Waals surface area contributed by atoms with Gasteiger partial charge in [0.2, 0.25) is 0 Å². The number of nitrogens with one attached hydrogen (secondary N) is 1. The molecular formula is C15H18N2O6S. The van der Waals surface area contributed by atoms with E-state index in [4.69, 9.17) is 9.84 Å². The third kappa shape index (κ3) is 3.78. The van der Waals surface area contributed by atoms with Gasteiger partial charge < -0.3 is 15.2 Å². The van der Waals surface area contributed by atoms with Crippen molar-refractivity contribution in [1.82, 2.24) is 5.32 Å². The minimum absolute atomic E-state index is 0.0519. The van der Waals surface area contributed by atoms with Gasteiger partial charge in [0.15, 0.2) is 0 Å². The predicted octanol–water partition coefficient (Wildman–Crippen LogP) is 2.31. The average Bonchev–Trinajstić information content (AvgIpc) is 3.02. The molecule has 1 amide bonds. The molecule has 2 rings (SSSR count). The van der Waals surface area contributed by atoms with E-state index in [1.165, 1.54) is 31.0 Å². The summed E-state index contributed by atoms with van der Waals surface area (Å²) < 4.78 is 5.11. The van der Waals surface area contributed by atoms with Crippen LogP contribution in [0.1, 0.15) is 29.6 Å². The Hall–Kier alpha value is -2.29. The van der Waals surface area contributed by atoms with E-state index >= 15 is 0 Å². The Bertz CT molecular complexity index is 678. The van der Waals surface area contributed by atoms with Gasteiger partial charge in [0.25, 0.3) is 11.6 Å². The number of hydrogen-bond donors (Lipinski definition) is 2. The fourth-order valence-corrected chi connectivity index (χ4v) is 3.38. The maximum absolute atomic E-state index is 12.5. The SMILES string of the molecule is COc1cc([N+](=O)[O-])c(C(=O)N[C@@H]2CC[C@H](C(=O)O)C2)cc1SC. The van der Waals surface area contributed by atoms with Gasteiger partial charge in [0, 0.05) is 6.04 Å². The number of nitrogens with zero attached hydrogens (tertiary/aromatic N) is 1. The number of hydrogen-bond acceptors (Lipinski definition) is 6. The molecule has 1 saturated carbocycles. The summed E-state index contributed by atoms with van der Waals surface area (Å²) in [5, 5.41) is 23.0. The second-order valence-corrected chi connectivity index (χ2v) is 6.35. The lowest BCUT2D eigenvalue weighted by Crippen LogP contribution is -2.33. The molecule has 0 heterocycles. The number of methoxy groups -OCH3 is 1. The Kier molecular flexibility index (Phi) is 5.66. The number of ether oxygens (including phenoxy) is 1. The smallest absolute Gasteiger partial charge is 0.306 e. The van der Waals surface area contributed by atoms with Gasteiger partial charge >= 0.3 is 5.97 Å². The van der Waals surface area contributed by atoms with Crippen LogP contribution in [0.15, 0.2) is 17.0 Å². The highest BCUT2D eigenvalue weighted by Gasteiger charge is 2.32. The van der Waals surface area contributed by atoms with Crippen molar-refractivity contribution in [3.05, 3.63) is 27.8 Å². The molecule has 0 aliphatic heterocycles. The van der Waals surface area contributed by atoms with Gasteiger partial charge in [0.1, 0.15) is 11.3 Å². The van der Waals surface area contributed by atoms with Crippen LogP contribution < -0.4 is 10.1 Å². The van der Waals surface area contributed by atoms with Crippen LogP contribution in [0.5, 0.6) is 5.75 Å². The normalized spacial score (nSPS) is 19.8. The molecule has 1 aromatic rings. The van der Waals surface area contributed by atoms with E-state index in [1.807, 2.05) is 0 Å². The second-order valence-electron chi connectivity index (χ2n) is 5.50. The van der Waals surface area contributed by atoms with Crippen LogP contribution in [0.25, 0.3) is 0 Å². The van der Waals surface area contributed by atoms with E-state index in [0.29, 0.717) is 29.9 Å². The molecule has 1 aliphatic rings. The van der Waals surface area contributed by atoms with Crippen LogP contribution in [0, 0.1) is 16.0 Å². The molecule has 0 radical (unpaired) electrons. The van der Waals surface area contributed by atoms with E-state index in [9.17, 15) is 19.7 Å². The Labute approximate surface area is 142 Å². The number of rotatable bonds is 6. The number of carbonyl (C=O) groups excluding carboxylic acids is 1. The maximum Gasteiger partial charge on any atom is 0.306 e. The van der Waals surface area contributed by atoms with Crippen LogP contribution in [-0.4, -0.2) is 41.3 Å². The molecule has 24 heavy (non-hydrogen) atoms. The van der Waals surface area contributed by atoms with Crippen LogP contribution in [0.4, 0.5) is 5.69 Å². The van der Waals surface area contributed by atoms with Crippen molar-refractivity contribution in [3.8, 4) is 5.75 Å². The number of carbonyl (C=O) groups is 2. The van der Waals surface area contributed by atoms with Crippen molar-refractivity contribution in [1.29, 1.82) is 0 Å². The number of nitro groups is 1. The summed E-state index contributed by atoms with van der Waals surface area (Å²) in [6.45, 7) is 0. The van der Waals surface area contributed by atoms with Gasteiger partial charge in [-0.2, -0.15) is 0 Å². The van der Waals surface area contributed by atoms with Crippen molar-refractivity contribution in [2.45, 2.75) is 30.2 Å². The van der Waals surface area contributed by atoms with E-state index in [1.54, 1.807) is 6.26 Å². The lowest BCUT2D eigenvalue weighted by molar-refractivity contribution is -0.385. The predicted molar refractivity (Wildman–Crippen MR) is 87.7 cm³/mol. The second kappa shape index (κ2) is 7.52. The van der Waals surface area contributed by atoms with Crippen LogP contribution >= 0.6 is 11.8 Å². The zero-order valence-corrected chi connectivity index (χ0v) is 14.1. The largest absolute Gasteiger partial charge is 0.495 e. The summed E-state index contributed by atoms with van der Waals surface area (Å²) in [5.41, 5.74) is -0.390. The fraction of sp³-hybridized carbons (Fsp3) is 0.467. The Balaban J connectivity index is 2.25. The first-order valence-corrected chi connectivity index (χ1v) is 8.54. The molecule has 0 spiro atoms. The van der Waals surface area contributed by atoms with E-state index < -0.39 is 22.7 Å². The number of carboxylic acids is 1. The zero-order chi connectivity index (χ0) is 17.9. The molecule has 1 aliphatic carbocycles. The van der Waals surface area contributed by atoms with Crippen molar-refractivity contribution in [2.24, 2.45) is 5.92 Å². The third-order valence-corrected chi connectivity index (χ3v) is 4.82. The Morgan fingerprint density at radius 1 is 1.42 bits per heavy atom.